The molecule has 0 unspecified atom stereocenters. The maximum absolute atomic E-state index is 12.0. The van der Waals surface area contributed by atoms with Crippen LogP contribution in [0.4, 0.5) is 0 Å². The Morgan fingerprint density at radius 2 is 1.73 bits per heavy atom. The first-order valence-corrected chi connectivity index (χ1v) is 7.88. The summed E-state index contributed by atoms with van der Waals surface area (Å²) >= 11 is 0. The smallest absolute Gasteiger partial charge is 0.253 e. The summed E-state index contributed by atoms with van der Waals surface area (Å²) < 4.78 is 5.34. The van der Waals surface area contributed by atoms with Crippen LogP contribution >= 0.6 is 0 Å². The van der Waals surface area contributed by atoms with Crippen molar-refractivity contribution >= 4 is 11.8 Å². The van der Waals surface area contributed by atoms with Crippen LogP contribution in [0.5, 0.6) is 0 Å². The molecule has 0 aliphatic carbocycles. The van der Waals surface area contributed by atoms with E-state index in [1.54, 1.807) is 30.6 Å². The van der Waals surface area contributed by atoms with Gasteiger partial charge in [0.25, 0.3) is 11.8 Å². The molecule has 0 saturated carbocycles. The van der Waals surface area contributed by atoms with Gasteiger partial charge in [-0.15, -0.1) is 0 Å². The van der Waals surface area contributed by atoms with Crippen LogP contribution in [-0.4, -0.2) is 38.5 Å². The molecule has 132 valence electrons. The van der Waals surface area contributed by atoms with E-state index in [0.29, 0.717) is 35.5 Å². The van der Waals surface area contributed by atoms with Gasteiger partial charge < -0.3 is 15.1 Å². The topological polar surface area (TPSA) is 123 Å². The highest BCUT2D eigenvalue weighted by Crippen LogP contribution is 2.08. The molecule has 3 aromatic heterocycles. The summed E-state index contributed by atoms with van der Waals surface area (Å²) in [6, 6.07) is 4.85. The van der Waals surface area contributed by atoms with Crippen molar-refractivity contribution in [3.8, 4) is 0 Å². The molecule has 9 nitrogen and oxygen atoms in total. The molecular formula is C17H16N6O3. The fraction of sp³-hybridized carbons (Fsp3) is 0.176. The molecule has 3 aromatic rings. The molecule has 0 bridgehead atoms. The summed E-state index contributed by atoms with van der Waals surface area (Å²) in [6.45, 7) is 0.594. The lowest BCUT2D eigenvalue weighted by atomic mass is 10.2. The zero-order valence-electron chi connectivity index (χ0n) is 13.8. The van der Waals surface area contributed by atoms with Crippen molar-refractivity contribution in [2.24, 2.45) is 0 Å². The Morgan fingerprint density at radius 3 is 2.50 bits per heavy atom. The van der Waals surface area contributed by atoms with Crippen molar-refractivity contribution in [1.82, 2.24) is 30.8 Å². The van der Waals surface area contributed by atoms with Crippen molar-refractivity contribution in [2.45, 2.75) is 13.0 Å². The zero-order valence-corrected chi connectivity index (χ0v) is 13.8. The highest BCUT2D eigenvalue weighted by Gasteiger charge is 2.12. The zero-order chi connectivity index (χ0) is 18.2. The number of hydrogen-bond donors (Lipinski definition) is 2. The number of rotatable bonds is 7. The minimum atomic E-state index is -0.278. The Bertz CT molecular complexity index is 866. The van der Waals surface area contributed by atoms with E-state index in [-0.39, 0.29) is 18.4 Å². The number of pyridine rings is 1. The fourth-order valence-corrected chi connectivity index (χ4v) is 2.23. The quantitative estimate of drug-likeness (QED) is 0.643. The molecule has 0 aliphatic rings. The van der Waals surface area contributed by atoms with Crippen molar-refractivity contribution in [1.29, 1.82) is 0 Å². The second kappa shape index (κ2) is 8.47. The number of amides is 2. The minimum absolute atomic E-state index is 0.188. The second-order valence-corrected chi connectivity index (χ2v) is 5.28. The van der Waals surface area contributed by atoms with Crippen LogP contribution in [0.3, 0.4) is 0 Å². The summed E-state index contributed by atoms with van der Waals surface area (Å²) in [4.78, 5) is 32.0. The highest BCUT2D eigenvalue weighted by atomic mass is 16.3. The Kier molecular flexibility index (Phi) is 5.61. The third kappa shape index (κ3) is 4.47. The van der Waals surface area contributed by atoms with Crippen LogP contribution in [0.1, 0.15) is 32.2 Å². The lowest BCUT2D eigenvalue weighted by Crippen LogP contribution is -2.26. The van der Waals surface area contributed by atoms with E-state index in [1.807, 2.05) is 0 Å². The molecule has 3 rings (SSSR count). The standard InChI is InChI=1S/C17H16N6O3/c24-16(12-1-5-18-6-2-12)19-7-4-15-14(21-11-26-15)10-20-17(25)13-3-8-22-23-9-13/h1-3,5-6,8-9,11H,4,7,10H2,(H,19,24)(H,20,25). The number of nitrogens with one attached hydrogen (secondary N) is 2. The Labute approximate surface area is 148 Å². The van der Waals surface area contributed by atoms with Gasteiger partial charge in [0.05, 0.1) is 24.5 Å². The number of carbonyl (C=O) groups excluding carboxylic acids is 2. The van der Waals surface area contributed by atoms with Gasteiger partial charge in [0, 0.05) is 30.9 Å². The monoisotopic (exact) mass is 352 g/mol. The summed E-state index contributed by atoms with van der Waals surface area (Å²) in [5.41, 5.74) is 1.56. The number of aromatic nitrogens is 4. The molecule has 0 spiro atoms. The van der Waals surface area contributed by atoms with Gasteiger partial charge in [-0.05, 0) is 18.2 Å². The molecule has 0 fully saturated rings. The molecule has 2 N–H and O–H groups in total. The van der Waals surface area contributed by atoms with Crippen LogP contribution in [-0.2, 0) is 13.0 Å². The lowest BCUT2D eigenvalue weighted by Gasteiger charge is -2.06. The first-order chi connectivity index (χ1) is 12.7. The summed E-state index contributed by atoms with van der Waals surface area (Å²) in [5, 5.41) is 12.8. The van der Waals surface area contributed by atoms with Crippen LogP contribution < -0.4 is 10.6 Å². The van der Waals surface area contributed by atoms with Crippen LogP contribution in [0.25, 0.3) is 0 Å². The molecule has 0 radical (unpaired) electrons. The molecular weight excluding hydrogens is 336 g/mol. The molecule has 2 amide bonds. The number of nitrogens with zero attached hydrogens (tertiary/aromatic N) is 4. The van der Waals surface area contributed by atoms with Gasteiger partial charge in [0.1, 0.15) is 11.5 Å². The molecule has 0 atom stereocenters. The van der Waals surface area contributed by atoms with E-state index >= 15 is 0 Å². The van der Waals surface area contributed by atoms with Crippen molar-refractivity contribution in [3.05, 3.63) is 72.0 Å². The Hall–Kier alpha value is -3.62. The van der Waals surface area contributed by atoms with Gasteiger partial charge in [-0.2, -0.15) is 10.2 Å². The number of hydrogen-bond acceptors (Lipinski definition) is 7. The molecule has 0 saturated heterocycles. The first kappa shape index (κ1) is 17.2. The van der Waals surface area contributed by atoms with Crippen molar-refractivity contribution in [3.63, 3.8) is 0 Å². The van der Waals surface area contributed by atoms with Gasteiger partial charge in [-0.1, -0.05) is 0 Å². The largest absolute Gasteiger partial charge is 0.448 e. The predicted molar refractivity (Wildman–Crippen MR) is 90.0 cm³/mol. The predicted octanol–water partition coefficient (Wildman–Crippen LogP) is 0.762. The van der Waals surface area contributed by atoms with Crippen molar-refractivity contribution < 1.29 is 14.0 Å². The van der Waals surface area contributed by atoms with Gasteiger partial charge in [-0.25, -0.2) is 4.98 Å². The van der Waals surface area contributed by atoms with Gasteiger partial charge in [0.2, 0.25) is 0 Å². The van der Waals surface area contributed by atoms with Crippen LogP contribution in [0, 0.1) is 0 Å². The molecule has 0 aliphatic heterocycles. The van der Waals surface area contributed by atoms with Crippen LogP contribution in [0.15, 0.2) is 53.8 Å². The lowest BCUT2D eigenvalue weighted by molar-refractivity contribution is 0.0944. The first-order valence-electron chi connectivity index (χ1n) is 7.88. The van der Waals surface area contributed by atoms with Gasteiger partial charge in [0.15, 0.2) is 6.39 Å². The third-order valence-corrected chi connectivity index (χ3v) is 3.57. The van der Waals surface area contributed by atoms with E-state index in [0.717, 1.165) is 0 Å². The second-order valence-electron chi connectivity index (χ2n) is 5.28. The third-order valence-electron chi connectivity index (χ3n) is 3.57. The van der Waals surface area contributed by atoms with Crippen LogP contribution in [0.2, 0.25) is 0 Å². The Morgan fingerprint density at radius 1 is 0.962 bits per heavy atom. The maximum Gasteiger partial charge on any atom is 0.253 e. The molecule has 0 aromatic carbocycles. The average Bonchev–Trinajstić information content (AvgIpc) is 3.14. The van der Waals surface area contributed by atoms with Crippen molar-refractivity contribution in [2.75, 3.05) is 6.54 Å². The molecule has 26 heavy (non-hydrogen) atoms. The fourth-order valence-electron chi connectivity index (χ4n) is 2.23. The van der Waals surface area contributed by atoms with Gasteiger partial charge in [-0.3, -0.25) is 14.6 Å². The molecule has 3 heterocycles. The Balaban J connectivity index is 1.49. The van der Waals surface area contributed by atoms with E-state index < -0.39 is 0 Å². The highest BCUT2D eigenvalue weighted by molar-refractivity contribution is 5.94. The van der Waals surface area contributed by atoms with E-state index in [9.17, 15) is 9.59 Å². The number of carbonyl (C=O) groups is 2. The van der Waals surface area contributed by atoms with E-state index in [4.69, 9.17) is 4.42 Å². The SMILES string of the molecule is O=C(NCCc1ocnc1CNC(=O)c1ccnnc1)c1ccncc1. The minimum Gasteiger partial charge on any atom is -0.448 e. The number of oxazole rings is 1. The maximum atomic E-state index is 12.0. The van der Waals surface area contributed by atoms with E-state index in [2.05, 4.69) is 30.8 Å². The molecule has 9 heteroatoms. The summed E-state index contributed by atoms with van der Waals surface area (Å²) in [5.74, 6) is 0.139. The summed E-state index contributed by atoms with van der Waals surface area (Å²) in [7, 11) is 0. The average molecular weight is 352 g/mol. The normalized spacial score (nSPS) is 10.3. The summed E-state index contributed by atoms with van der Waals surface area (Å²) in [6.07, 6.45) is 7.72. The van der Waals surface area contributed by atoms with Gasteiger partial charge >= 0.3 is 0 Å². The van der Waals surface area contributed by atoms with E-state index in [1.165, 1.54) is 18.8 Å².